The summed E-state index contributed by atoms with van der Waals surface area (Å²) in [6.07, 6.45) is 12.2. The van der Waals surface area contributed by atoms with Gasteiger partial charge in [-0.2, -0.15) is 0 Å². The fourth-order valence-electron chi connectivity index (χ4n) is 9.52. The Hall–Kier alpha value is -0.300. The first-order valence-electron chi connectivity index (χ1n) is 7.75. The molecule has 0 aromatic carbocycles. The van der Waals surface area contributed by atoms with Crippen molar-refractivity contribution in [3.05, 3.63) is 12.2 Å². The topological polar surface area (TPSA) is 9.23 Å². The molecule has 8 rings (SSSR count). The number of rotatable bonds is 0. The minimum atomic E-state index is 0.547. The third kappa shape index (κ3) is 0.421. The monoisotopic (exact) mass is 226 g/mol. The average Bonchev–Trinajstić information content (AvgIpc) is 3.15. The summed E-state index contributed by atoms with van der Waals surface area (Å²) in [6.45, 7) is 0. The summed E-state index contributed by atoms with van der Waals surface area (Å²) in [4.78, 5) is 0. The molecule has 1 heteroatoms. The molecule has 8 aliphatic rings. The van der Waals surface area contributed by atoms with Crippen LogP contribution in [-0.4, -0.2) is 12.2 Å². The summed E-state index contributed by atoms with van der Waals surface area (Å²) in [5.41, 5.74) is 1.35. The van der Waals surface area contributed by atoms with Crippen LogP contribution in [0.1, 0.15) is 25.7 Å². The summed E-state index contributed by atoms with van der Waals surface area (Å²) in [6, 6.07) is 0. The van der Waals surface area contributed by atoms with Crippen LogP contribution in [0.25, 0.3) is 0 Å². The van der Waals surface area contributed by atoms with Gasteiger partial charge in [0.25, 0.3) is 0 Å². The van der Waals surface area contributed by atoms with Crippen molar-refractivity contribution in [2.45, 2.75) is 37.9 Å². The highest BCUT2D eigenvalue weighted by molar-refractivity contribution is 5.46. The molecule has 6 aliphatic carbocycles. The van der Waals surface area contributed by atoms with Crippen molar-refractivity contribution < 1.29 is 4.74 Å². The van der Waals surface area contributed by atoms with Gasteiger partial charge in [-0.1, -0.05) is 12.2 Å². The molecule has 88 valence electrons. The van der Waals surface area contributed by atoms with Crippen LogP contribution in [0, 0.1) is 46.3 Å². The summed E-state index contributed by atoms with van der Waals surface area (Å²) in [5.74, 6) is 6.64. The number of fused-ring (bicyclic) bond motifs is 2. The highest BCUT2D eigenvalue weighted by atomic mass is 16.5. The lowest BCUT2D eigenvalue weighted by Crippen LogP contribution is -2.55. The van der Waals surface area contributed by atoms with Gasteiger partial charge in [0.2, 0.25) is 0 Å². The molecule has 0 N–H and O–H groups in total. The molecule has 0 amide bonds. The molecule has 0 aromatic heterocycles. The summed E-state index contributed by atoms with van der Waals surface area (Å²) >= 11 is 0. The first-order valence-corrected chi connectivity index (χ1v) is 7.75. The normalized spacial score (nSPS) is 82.4. The van der Waals surface area contributed by atoms with Crippen LogP contribution in [0.4, 0.5) is 0 Å². The summed E-state index contributed by atoms with van der Waals surface area (Å²) < 4.78 is 6.45. The Morgan fingerprint density at radius 3 is 1.53 bits per heavy atom. The SMILES string of the molecule is C1=CC2OC1C13C4CCC5C4C4C1CCC4C253. The molecule has 2 heterocycles. The highest BCUT2D eigenvalue weighted by Crippen LogP contribution is 2.96. The van der Waals surface area contributed by atoms with Gasteiger partial charge in [-0.25, -0.2) is 0 Å². The standard InChI is InChI=1S/C16H18O/c1-2-8-13-7(1)15-9-3-4-10(14(9)13)16(8,15)12-6-5-11(15)17-12/h5-14H,1-4H2. The molecule has 7 fully saturated rings. The summed E-state index contributed by atoms with van der Waals surface area (Å²) in [7, 11) is 0. The zero-order valence-corrected chi connectivity index (χ0v) is 10.0. The molecule has 2 spiro atoms. The molecule has 2 aliphatic heterocycles. The van der Waals surface area contributed by atoms with Crippen LogP contribution in [0.3, 0.4) is 0 Å². The van der Waals surface area contributed by atoms with E-state index in [2.05, 4.69) is 12.2 Å². The van der Waals surface area contributed by atoms with E-state index in [1.165, 1.54) is 0 Å². The van der Waals surface area contributed by atoms with Gasteiger partial charge in [0.15, 0.2) is 0 Å². The molecule has 6 atom stereocenters. The molecule has 0 aromatic rings. The van der Waals surface area contributed by atoms with Gasteiger partial charge >= 0.3 is 0 Å². The maximum absolute atomic E-state index is 6.45. The third-order valence-corrected chi connectivity index (χ3v) is 8.78. The van der Waals surface area contributed by atoms with E-state index in [4.69, 9.17) is 4.74 Å². The van der Waals surface area contributed by atoms with Crippen molar-refractivity contribution in [3.63, 3.8) is 0 Å². The molecule has 1 nitrogen and oxygen atoms in total. The van der Waals surface area contributed by atoms with E-state index in [9.17, 15) is 0 Å². The van der Waals surface area contributed by atoms with Crippen molar-refractivity contribution in [2.75, 3.05) is 0 Å². The lowest BCUT2D eigenvalue weighted by atomic mass is 9.46. The molecule has 1 saturated heterocycles. The van der Waals surface area contributed by atoms with Gasteiger partial charge in [-0.3, -0.25) is 0 Å². The zero-order chi connectivity index (χ0) is 10.6. The van der Waals surface area contributed by atoms with E-state index in [0.29, 0.717) is 23.0 Å². The van der Waals surface area contributed by atoms with Gasteiger partial charge in [0, 0.05) is 10.8 Å². The summed E-state index contributed by atoms with van der Waals surface area (Å²) in [5, 5.41) is 0. The van der Waals surface area contributed by atoms with Gasteiger partial charge in [-0.15, -0.1) is 0 Å². The number of ether oxygens (including phenoxy) is 1. The van der Waals surface area contributed by atoms with E-state index in [1.807, 2.05) is 0 Å². The van der Waals surface area contributed by atoms with Crippen molar-refractivity contribution in [1.29, 1.82) is 0 Å². The lowest BCUT2D eigenvalue weighted by molar-refractivity contribution is -0.0563. The van der Waals surface area contributed by atoms with Crippen LogP contribution >= 0.6 is 0 Å². The molecular weight excluding hydrogens is 208 g/mol. The van der Waals surface area contributed by atoms with Crippen LogP contribution in [0.15, 0.2) is 12.2 Å². The Bertz CT molecular complexity index is 438. The smallest absolute Gasteiger partial charge is 0.0833 e. The van der Waals surface area contributed by atoms with Crippen molar-refractivity contribution in [1.82, 2.24) is 0 Å². The molecule has 10 bridgehead atoms. The van der Waals surface area contributed by atoms with Gasteiger partial charge in [0.05, 0.1) is 12.2 Å². The predicted molar refractivity (Wildman–Crippen MR) is 62.1 cm³/mol. The van der Waals surface area contributed by atoms with E-state index >= 15 is 0 Å². The molecule has 6 saturated carbocycles. The third-order valence-electron chi connectivity index (χ3n) is 8.78. The first kappa shape index (κ1) is 7.99. The van der Waals surface area contributed by atoms with Crippen molar-refractivity contribution in [3.8, 4) is 0 Å². The van der Waals surface area contributed by atoms with Gasteiger partial charge < -0.3 is 4.74 Å². The fraction of sp³-hybridized carbons (Fsp3) is 0.875. The van der Waals surface area contributed by atoms with Crippen LogP contribution < -0.4 is 0 Å². The second kappa shape index (κ2) is 1.86. The van der Waals surface area contributed by atoms with Crippen LogP contribution in [-0.2, 0) is 4.74 Å². The number of hydrogen-bond acceptors (Lipinski definition) is 1. The first-order chi connectivity index (χ1) is 8.41. The Balaban J connectivity index is 1.69. The van der Waals surface area contributed by atoms with Crippen LogP contribution in [0.5, 0.6) is 0 Å². The quantitative estimate of drug-likeness (QED) is 0.577. The molecule has 17 heavy (non-hydrogen) atoms. The largest absolute Gasteiger partial charge is 0.366 e. The lowest BCUT2D eigenvalue weighted by Gasteiger charge is -2.55. The Morgan fingerprint density at radius 2 is 1.12 bits per heavy atom. The second-order valence-electron chi connectivity index (χ2n) is 7.96. The Kier molecular flexibility index (Phi) is 0.874. The van der Waals surface area contributed by atoms with E-state index in [1.54, 1.807) is 25.7 Å². The van der Waals surface area contributed by atoms with Gasteiger partial charge in [0.1, 0.15) is 0 Å². The highest BCUT2D eigenvalue weighted by Gasteiger charge is 2.95. The Labute approximate surface area is 102 Å². The van der Waals surface area contributed by atoms with E-state index in [0.717, 1.165) is 35.5 Å². The maximum atomic E-state index is 6.45. The minimum absolute atomic E-state index is 0.547. The van der Waals surface area contributed by atoms with E-state index in [-0.39, 0.29) is 0 Å². The van der Waals surface area contributed by atoms with Crippen molar-refractivity contribution in [2.24, 2.45) is 46.3 Å². The molecule has 6 unspecified atom stereocenters. The fourth-order valence-corrected chi connectivity index (χ4v) is 9.52. The van der Waals surface area contributed by atoms with Crippen molar-refractivity contribution >= 4 is 0 Å². The number of hydrogen-bond donors (Lipinski definition) is 0. The van der Waals surface area contributed by atoms with Gasteiger partial charge in [-0.05, 0) is 61.2 Å². The van der Waals surface area contributed by atoms with E-state index < -0.39 is 0 Å². The minimum Gasteiger partial charge on any atom is -0.366 e. The molecule has 0 radical (unpaired) electrons. The maximum Gasteiger partial charge on any atom is 0.0833 e. The zero-order valence-electron chi connectivity index (χ0n) is 10.0. The molecular formula is C16H18O. The predicted octanol–water partition coefficient (Wildman–Crippen LogP) is 2.62. The second-order valence-corrected chi connectivity index (χ2v) is 7.96. The Morgan fingerprint density at radius 1 is 0.706 bits per heavy atom. The average molecular weight is 226 g/mol. The van der Waals surface area contributed by atoms with Crippen LogP contribution in [0.2, 0.25) is 0 Å².